The Labute approximate surface area is 102 Å². The third kappa shape index (κ3) is 3.39. The molecule has 1 aromatic carbocycles. The first-order chi connectivity index (χ1) is 7.97. The average Bonchev–Trinajstić information content (AvgIpc) is 2.28. The largest absolute Gasteiger partial charge is 0.478 e. The molecule has 6 heteroatoms. The van der Waals surface area contributed by atoms with Crippen molar-refractivity contribution >= 4 is 17.6 Å². The van der Waals surface area contributed by atoms with Gasteiger partial charge in [0.2, 0.25) is 0 Å². The molecule has 0 aromatic heterocycles. The summed E-state index contributed by atoms with van der Waals surface area (Å²) in [4.78, 5) is 10.9. The van der Waals surface area contributed by atoms with Gasteiger partial charge in [-0.1, -0.05) is 6.07 Å². The standard InChI is InChI=1S/C11H12ClFO4/c12-4-3-9(14)10(15)7-2-1-6(13)5-8(7)11(16)17/h1-2,5,9-10,14-15H,3-4H2,(H,16,17). The highest BCUT2D eigenvalue weighted by Gasteiger charge is 2.23. The fourth-order valence-electron chi connectivity index (χ4n) is 1.45. The number of alkyl halides is 1. The van der Waals surface area contributed by atoms with Crippen LogP contribution in [0.5, 0.6) is 0 Å². The summed E-state index contributed by atoms with van der Waals surface area (Å²) in [6, 6.07) is 2.97. The van der Waals surface area contributed by atoms with Gasteiger partial charge in [0.15, 0.2) is 0 Å². The van der Waals surface area contributed by atoms with Crippen LogP contribution in [0, 0.1) is 5.82 Å². The van der Waals surface area contributed by atoms with E-state index in [9.17, 15) is 19.4 Å². The Kier molecular flexibility index (Phi) is 4.86. The number of rotatable bonds is 5. The van der Waals surface area contributed by atoms with E-state index in [0.717, 1.165) is 18.2 Å². The van der Waals surface area contributed by atoms with Crippen molar-refractivity contribution in [3.05, 3.63) is 35.1 Å². The van der Waals surface area contributed by atoms with Crippen LogP contribution in [0.25, 0.3) is 0 Å². The van der Waals surface area contributed by atoms with Gasteiger partial charge in [0.1, 0.15) is 11.9 Å². The zero-order valence-electron chi connectivity index (χ0n) is 8.81. The summed E-state index contributed by atoms with van der Waals surface area (Å²) in [6.07, 6.45) is -2.48. The molecule has 4 nitrogen and oxygen atoms in total. The molecule has 2 unspecified atom stereocenters. The maximum absolute atomic E-state index is 12.9. The molecule has 0 saturated carbocycles. The molecule has 0 aliphatic carbocycles. The zero-order valence-corrected chi connectivity index (χ0v) is 9.56. The van der Waals surface area contributed by atoms with Gasteiger partial charge in [0.25, 0.3) is 0 Å². The Bertz CT molecular complexity index is 410. The van der Waals surface area contributed by atoms with E-state index in [1.54, 1.807) is 0 Å². The number of hydrogen-bond acceptors (Lipinski definition) is 3. The lowest BCUT2D eigenvalue weighted by molar-refractivity contribution is 0.0159. The molecule has 0 amide bonds. The third-order valence-electron chi connectivity index (χ3n) is 2.33. The summed E-state index contributed by atoms with van der Waals surface area (Å²) in [5.41, 5.74) is -0.400. The molecule has 0 aliphatic rings. The van der Waals surface area contributed by atoms with Gasteiger partial charge in [-0.15, -0.1) is 11.6 Å². The second kappa shape index (κ2) is 5.95. The molecular formula is C11H12ClFO4. The minimum Gasteiger partial charge on any atom is -0.478 e. The van der Waals surface area contributed by atoms with E-state index in [4.69, 9.17) is 16.7 Å². The first kappa shape index (κ1) is 13.9. The molecule has 2 atom stereocenters. The van der Waals surface area contributed by atoms with Crippen LogP contribution in [0.1, 0.15) is 28.4 Å². The van der Waals surface area contributed by atoms with Crippen LogP contribution >= 0.6 is 11.6 Å². The highest BCUT2D eigenvalue weighted by molar-refractivity contribution is 6.17. The predicted molar refractivity (Wildman–Crippen MR) is 59.7 cm³/mol. The Hall–Kier alpha value is -1.17. The predicted octanol–water partition coefficient (Wildman–Crippen LogP) is 1.55. The van der Waals surface area contributed by atoms with E-state index in [-0.39, 0.29) is 23.4 Å². The SMILES string of the molecule is O=C(O)c1cc(F)ccc1C(O)C(O)CCCl. The maximum atomic E-state index is 12.9. The van der Waals surface area contributed by atoms with E-state index in [1.807, 2.05) is 0 Å². The van der Waals surface area contributed by atoms with Crippen molar-refractivity contribution in [2.75, 3.05) is 5.88 Å². The van der Waals surface area contributed by atoms with Crippen LogP contribution in [-0.4, -0.2) is 33.3 Å². The molecule has 0 saturated heterocycles. The Morgan fingerprint density at radius 2 is 2.06 bits per heavy atom. The fraction of sp³-hybridized carbons (Fsp3) is 0.364. The third-order valence-corrected chi connectivity index (χ3v) is 2.55. The highest BCUT2D eigenvalue weighted by atomic mass is 35.5. The van der Waals surface area contributed by atoms with Crippen LogP contribution in [0.2, 0.25) is 0 Å². The summed E-state index contributed by atoms with van der Waals surface area (Å²) >= 11 is 5.41. The highest BCUT2D eigenvalue weighted by Crippen LogP contribution is 2.24. The lowest BCUT2D eigenvalue weighted by Gasteiger charge is -2.18. The van der Waals surface area contributed by atoms with Crippen molar-refractivity contribution in [2.24, 2.45) is 0 Å². The number of aliphatic hydroxyl groups excluding tert-OH is 2. The number of carboxylic acids is 1. The van der Waals surface area contributed by atoms with Gasteiger partial charge in [-0.3, -0.25) is 0 Å². The molecule has 17 heavy (non-hydrogen) atoms. The van der Waals surface area contributed by atoms with Gasteiger partial charge in [-0.05, 0) is 24.1 Å². The van der Waals surface area contributed by atoms with E-state index in [0.29, 0.717) is 0 Å². The van der Waals surface area contributed by atoms with Gasteiger partial charge in [-0.25, -0.2) is 9.18 Å². The number of hydrogen-bond donors (Lipinski definition) is 3. The van der Waals surface area contributed by atoms with Crippen LogP contribution in [-0.2, 0) is 0 Å². The number of benzene rings is 1. The smallest absolute Gasteiger partial charge is 0.336 e. The molecule has 0 spiro atoms. The van der Waals surface area contributed by atoms with Crippen molar-refractivity contribution in [3.63, 3.8) is 0 Å². The van der Waals surface area contributed by atoms with Crippen LogP contribution < -0.4 is 0 Å². The number of halogens is 2. The summed E-state index contributed by atoms with van der Waals surface area (Å²) in [5, 5.41) is 28.1. The number of aromatic carboxylic acids is 1. The summed E-state index contributed by atoms with van der Waals surface area (Å²) in [5.74, 6) is -1.95. The Morgan fingerprint density at radius 3 is 2.59 bits per heavy atom. The second-order valence-corrected chi connectivity index (χ2v) is 3.90. The van der Waals surface area contributed by atoms with Gasteiger partial charge in [0.05, 0.1) is 11.7 Å². The molecule has 1 rings (SSSR count). The van der Waals surface area contributed by atoms with Crippen molar-refractivity contribution in [2.45, 2.75) is 18.6 Å². The number of aliphatic hydroxyl groups is 2. The van der Waals surface area contributed by atoms with E-state index in [2.05, 4.69) is 0 Å². The average molecular weight is 263 g/mol. The minimum absolute atomic E-state index is 0.0310. The lowest BCUT2D eigenvalue weighted by atomic mass is 9.97. The van der Waals surface area contributed by atoms with E-state index < -0.39 is 24.0 Å². The fourth-order valence-corrected chi connectivity index (χ4v) is 1.67. The van der Waals surface area contributed by atoms with Gasteiger partial charge < -0.3 is 15.3 Å². The van der Waals surface area contributed by atoms with Gasteiger partial charge in [0, 0.05) is 5.88 Å². The second-order valence-electron chi connectivity index (χ2n) is 3.53. The molecular weight excluding hydrogens is 251 g/mol. The summed E-state index contributed by atoms with van der Waals surface area (Å²) in [7, 11) is 0. The molecule has 0 heterocycles. The molecule has 0 bridgehead atoms. The molecule has 1 aromatic rings. The van der Waals surface area contributed by atoms with Gasteiger partial charge in [-0.2, -0.15) is 0 Å². The number of carboxylic acid groups (broad SMARTS) is 1. The molecule has 0 radical (unpaired) electrons. The van der Waals surface area contributed by atoms with Crippen molar-refractivity contribution in [3.8, 4) is 0 Å². The molecule has 94 valence electrons. The number of carbonyl (C=O) groups is 1. The van der Waals surface area contributed by atoms with Crippen LogP contribution in [0.4, 0.5) is 4.39 Å². The van der Waals surface area contributed by atoms with Crippen LogP contribution in [0.3, 0.4) is 0 Å². The maximum Gasteiger partial charge on any atom is 0.336 e. The Balaban J connectivity index is 3.08. The topological polar surface area (TPSA) is 77.8 Å². The normalized spacial score (nSPS) is 14.4. The zero-order chi connectivity index (χ0) is 13.0. The quantitative estimate of drug-likeness (QED) is 0.704. The summed E-state index contributed by atoms with van der Waals surface area (Å²) in [6.45, 7) is 0. The molecule has 0 aliphatic heterocycles. The van der Waals surface area contributed by atoms with Crippen molar-refractivity contribution in [1.82, 2.24) is 0 Å². The van der Waals surface area contributed by atoms with Crippen LogP contribution in [0.15, 0.2) is 18.2 Å². The van der Waals surface area contributed by atoms with Crippen molar-refractivity contribution < 1.29 is 24.5 Å². The van der Waals surface area contributed by atoms with Gasteiger partial charge >= 0.3 is 5.97 Å². The summed E-state index contributed by atoms with van der Waals surface area (Å²) < 4.78 is 12.9. The van der Waals surface area contributed by atoms with Crippen molar-refractivity contribution in [1.29, 1.82) is 0 Å². The first-order valence-corrected chi connectivity index (χ1v) is 5.45. The molecule has 3 N–H and O–H groups in total. The van der Waals surface area contributed by atoms with E-state index >= 15 is 0 Å². The van der Waals surface area contributed by atoms with E-state index in [1.165, 1.54) is 0 Å². The molecule has 0 fully saturated rings. The monoisotopic (exact) mass is 262 g/mol. The lowest BCUT2D eigenvalue weighted by Crippen LogP contribution is -2.21. The first-order valence-electron chi connectivity index (χ1n) is 4.92. The minimum atomic E-state index is -1.40. The Morgan fingerprint density at radius 1 is 1.41 bits per heavy atom.